The molecule has 1 heterocycles. The van der Waals surface area contributed by atoms with Crippen LogP contribution in [0.5, 0.6) is 5.75 Å². The third-order valence-corrected chi connectivity index (χ3v) is 5.46. The maximum Gasteiger partial charge on any atom is 0.268 e. The van der Waals surface area contributed by atoms with Gasteiger partial charge in [0.25, 0.3) is 5.91 Å². The lowest BCUT2D eigenvalue weighted by Crippen LogP contribution is -2.13. The number of benzene rings is 3. The minimum Gasteiger partial charge on any atom is -0.489 e. The Labute approximate surface area is 194 Å². The highest BCUT2D eigenvalue weighted by molar-refractivity contribution is 7.14. The van der Waals surface area contributed by atoms with Gasteiger partial charge in [-0.3, -0.25) is 10.1 Å². The van der Waals surface area contributed by atoms with Gasteiger partial charge in [0.2, 0.25) is 0 Å². The summed E-state index contributed by atoms with van der Waals surface area (Å²) in [5.74, 6) is -0.307. The Kier molecular flexibility index (Phi) is 6.88. The molecule has 0 aliphatic rings. The number of hydrogen-bond donors (Lipinski definition) is 1. The number of halogens is 1. The molecule has 0 saturated carbocycles. The molecule has 4 rings (SSSR count). The van der Waals surface area contributed by atoms with E-state index in [1.54, 1.807) is 42.5 Å². The predicted molar refractivity (Wildman–Crippen MR) is 127 cm³/mol. The minimum absolute atomic E-state index is 0.0495. The Bertz CT molecular complexity index is 1330. The number of carbonyl (C=O) groups excluding carboxylic acids is 1. The maximum absolute atomic E-state index is 13.7. The number of ether oxygens (including phenoxy) is 1. The van der Waals surface area contributed by atoms with Crippen molar-refractivity contribution in [3.63, 3.8) is 0 Å². The van der Waals surface area contributed by atoms with E-state index in [1.165, 1.54) is 23.5 Å². The van der Waals surface area contributed by atoms with E-state index in [4.69, 9.17) is 4.74 Å². The van der Waals surface area contributed by atoms with Crippen molar-refractivity contribution >= 4 is 28.5 Å². The van der Waals surface area contributed by atoms with Crippen LogP contribution in [0.1, 0.15) is 11.1 Å². The van der Waals surface area contributed by atoms with Crippen molar-refractivity contribution in [2.75, 3.05) is 5.32 Å². The van der Waals surface area contributed by atoms with Gasteiger partial charge in [-0.05, 0) is 29.8 Å². The summed E-state index contributed by atoms with van der Waals surface area (Å²) in [6, 6.07) is 24.8. The van der Waals surface area contributed by atoms with E-state index in [0.29, 0.717) is 22.0 Å². The number of nitrogens with zero attached hydrogens (tertiary/aromatic N) is 2. The molecule has 0 unspecified atom stereocenters. The zero-order chi connectivity index (χ0) is 23.0. The van der Waals surface area contributed by atoms with Crippen molar-refractivity contribution in [1.82, 2.24) is 4.98 Å². The van der Waals surface area contributed by atoms with Crippen LogP contribution >= 0.6 is 11.3 Å². The first-order valence-corrected chi connectivity index (χ1v) is 10.9. The summed E-state index contributed by atoms with van der Waals surface area (Å²) >= 11 is 1.29. The molecular weight excluding hydrogens is 437 g/mol. The average molecular weight is 456 g/mol. The first-order chi connectivity index (χ1) is 16.1. The number of hydrogen-bond acceptors (Lipinski definition) is 5. The quantitative estimate of drug-likeness (QED) is 0.271. The number of thiazole rings is 1. The van der Waals surface area contributed by atoms with Gasteiger partial charge < -0.3 is 4.74 Å². The molecule has 33 heavy (non-hydrogen) atoms. The number of rotatable bonds is 7. The summed E-state index contributed by atoms with van der Waals surface area (Å²) < 4.78 is 19.3. The molecule has 1 aromatic heterocycles. The van der Waals surface area contributed by atoms with Crippen molar-refractivity contribution in [2.45, 2.75) is 6.61 Å². The van der Waals surface area contributed by atoms with E-state index in [1.807, 2.05) is 41.8 Å². The molecular formula is C26H18FN3O2S. The monoisotopic (exact) mass is 455 g/mol. The van der Waals surface area contributed by atoms with E-state index in [-0.39, 0.29) is 18.0 Å². The summed E-state index contributed by atoms with van der Waals surface area (Å²) in [6.45, 7) is 0.104. The van der Waals surface area contributed by atoms with Gasteiger partial charge in [-0.25, -0.2) is 9.37 Å². The Hall–Kier alpha value is -4.28. The van der Waals surface area contributed by atoms with E-state index in [2.05, 4.69) is 10.3 Å². The second-order valence-electron chi connectivity index (χ2n) is 6.98. The van der Waals surface area contributed by atoms with E-state index in [0.717, 1.165) is 11.3 Å². The summed E-state index contributed by atoms with van der Waals surface area (Å²) in [5, 5.41) is 14.4. The largest absolute Gasteiger partial charge is 0.489 e. The molecule has 162 valence electrons. The molecule has 0 aliphatic heterocycles. The van der Waals surface area contributed by atoms with E-state index >= 15 is 0 Å². The van der Waals surface area contributed by atoms with Gasteiger partial charge in [0.05, 0.1) is 5.69 Å². The molecule has 0 fully saturated rings. The molecule has 1 amide bonds. The molecule has 4 aromatic rings. The van der Waals surface area contributed by atoms with Crippen LogP contribution in [0.25, 0.3) is 17.3 Å². The number of nitriles is 1. The lowest BCUT2D eigenvalue weighted by Gasteiger charge is -2.07. The Morgan fingerprint density at radius 3 is 2.52 bits per heavy atom. The topological polar surface area (TPSA) is 75.0 Å². The van der Waals surface area contributed by atoms with Crippen LogP contribution in [0, 0.1) is 17.1 Å². The van der Waals surface area contributed by atoms with Crippen LogP contribution in [0.3, 0.4) is 0 Å². The Morgan fingerprint density at radius 1 is 1.06 bits per heavy atom. The average Bonchev–Trinajstić information content (AvgIpc) is 3.32. The van der Waals surface area contributed by atoms with Crippen LogP contribution < -0.4 is 10.1 Å². The summed E-state index contributed by atoms with van der Waals surface area (Å²) in [4.78, 5) is 17.0. The van der Waals surface area contributed by atoms with Gasteiger partial charge in [0.15, 0.2) is 5.13 Å². The fourth-order valence-electron chi connectivity index (χ4n) is 2.99. The van der Waals surface area contributed by atoms with Crippen molar-refractivity contribution in [1.29, 1.82) is 5.26 Å². The van der Waals surface area contributed by atoms with Crippen molar-refractivity contribution < 1.29 is 13.9 Å². The van der Waals surface area contributed by atoms with Gasteiger partial charge in [0.1, 0.15) is 29.8 Å². The molecule has 5 nitrogen and oxygen atoms in total. The van der Waals surface area contributed by atoms with Gasteiger partial charge in [-0.15, -0.1) is 11.3 Å². The molecule has 7 heteroatoms. The number of carbonyl (C=O) groups is 1. The molecule has 3 aromatic carbocycles. The first kappa shape index (κ1) is 21.9. The minimum atomic E-state index is -0.536. The second-order valence-corrected chi connectivity index (χ2v) is 7.84. The zero-order valence-corrected chi connectivity index (χ0v) is 18.2. The van der Waals surface area contributed by atoms with Gasteiger partial charge >= 0.3 is 0 Å². The van der Waals surface area contributed by atoms with Crippen LogP contribution in [0.4, 0.5) is 9.52 Å². The summed E-state index contributed by atoms with van der Waals surface area (Å²) in [7, 11) is 0. The lowest BCUT2D eigenvalue weighted by atomic mass is 10.1. The van der Waals surface area contributed by atoms with Gasteiger partial charge in [0, 0.05) is 16.5 Å². The molecule has 0 bridgehead atoms. The fraction of sp³-hybridized carbons (Fsp3) is 0.0385. The highest BCUT2D eigenvalue weighted by Gasteiger charge is 2.13. The lowest BCUT2D eigenvalue weighted by molar-refractivity contribution is -0.112. The number of aromatic nitrogens is 1. The number of amides is 1. The van der Waals surface area contributed by atoms with Crippen molar-refractivity contribution in [3.05, 3.63) is 107 Å². The van der Waals surface area contributed by atoms with Crippen molar-refractivity contribution in [2.24, 2.45) is 0 Å². The van der Waals surface area contributed by atoms with Crippen LogP contribution in [-0.4, -0.2) is 10.9 Å². The summed E-state index contributed by atoms with van der Waals surface area (Å²) in [5.41, 5.74) is 2.77. The van der Waals surface area contributed by atoms with Gasteiger partial charge in [-0.2, -0.15) is 5.26 Å². The SMILES string of the molecule is N#CC(=Cc1ccc(OCc2ccccc2F)cc1)C(=O)Nc1nc(-c2ccccc2)cs1. The first-order valence-electron chi connectivity index (χ1n) is 10.0. The maximum atomic E-state index is 13.7. The standard InChI is InChI=1S/C26H18FN3O2S/c27-23-9-5-4-8-20(23)16-32-22-12-10-18(11-13-22)14-21(15-28)25(31)30-26-29-24(17-33-26)19-6-2-1-3-7-19/h1-14,17H,16H2,(H,29,30,31). The number of nitrogens with one attached hydrogen (secondary N) is 1. The third kappa shape index (κ3) is 5.70. The summed E-state index contributed by atoms with van der Waals surface area (Å²) in [6.07, 6.45) is 1.49. The normalized spacial score (nSPS) is 11.0. The van der Waals surface area contributed by atoms with Crippen LogP contribution in [-0.2, 0) is 11.4 Å². The van der Waals surface area contributed by atoms with Crippen molar-refractivity contribution in [3.8, 4) is 23.1 Å². The molecule has 0 atom stereocenters. The molecule has 1 N–H and O–H groups in total. The highest BCUT2D eigenvalue weighted by Crippen LogP contribution is 2.25. The Balaban J connectivity index is 1.40. The fourth-order valence-corrected chi connectivity index (χ4v) is 3.70. The van der Waals surface area contributed by atoms with Gasteiger partial charge in [-0.1, -0.05) is 60.7 Å². The van der Waals surface area contributed by atoms with E-state index < -0.39 is 5.91 Å². The van der Waals surface area contributed by atoms with Crippen LogP contribution in [0.15, 0.2) is 89.8 Å². The predicted octanol–water partition coefficient (Wildman–Crippen LogP) is 6.07. The molecule has 0 spiro atoms. The third-order valence-electron chi connectivity index (χ3n) is 4.70. The van der Waals surface area contributed by atoms with Crippen LogP contribution in [0.2, 0.25) is 0 Å². The number of anilines is 1. The zero-order valence-electron chi connectivity index (χ0n) is 17.4. The Morgan fingerprint density at radius 2 is 1.79 bits per heavy atom. The molecule has 0 saturated heterocycles. The molecule has 0 radical (unpaired) electrons. The second kappa shape index (κ2) is 10.4. The smallest absolute Gasteiger partial charge is 0.268 e. The highest BCUT2D eigenvalue weighted by atomic mass is 32.1. The van der Waals surface area contributed by atoms with E-state index in [9.17, 15) is 14.4 Å². The molecule has 0 aliphatic carbocycles.